The maximum Gasteiger partial charge on any atom is 0.0597 e. The molecule has 0 radical (unpaired) electrons. The Bertz CT molecular complexity index is 356. The van der Waals surface area contributed by atoms with Gasteiger partial charge in [-0.3, -0.25) is 9.58 Å². The van der Waals surface area contributed by atoms with E-state index in [2.05, 4.69) is 38.9 Å². The van der Waals surface area contributed by atoms with Gasteiger partial charge in [0.05, 0.1) is 11.4 Å². The largest absolute Gasteiger partial charge is 0.294 e. The first-order chi connectivity index (χ1) is 8.20. The van der Waals surface area contributed by atoms with E-state index in [1.807, 2.05) is 11.7 Å². The Morgan fingerprint density at radius 2 is 2.18 bits per heavy atom. The van der Waals surface area contributed by atoms with E-state index in [4.69, 9.17) is 0 Å². The molecular weight excluding hydrogens is 278 g/mol. The van der Waals surface area contributed by atoms with Crippen LogP contribution in [0.4, 0.5) is 0 Å². The lowest BCUT2D eigenvalue weighted by molar-refractivity contribution is 0.197. The molecule has 0 saturated heterocycles. The van der Waals surface area contributed by atoms with Gasteiger partial charge in [0.15, 0.2) is 0 Å². The summed E-state index contributed by atoms with van der Waals surface area (Å²) in [5, 5.41) is 5.49. The lowest BCUT2D eigenvalue weighted by Crippen LogP contribution is -2.34. The molecular formula is C13H22BrN3. The Kier molecular flexibility index (Phi) is 4.62. The molecule has 1 aromatic heterocycles. The number of halogens is 1. The zero-order valence-corrected chi connectivity index (χ0v) is 12.4. The third-order valence-electron chi connectivity index (χ3n) is 3.68. The highest BCUT2D eigenvalue weighted by molar-refractivity contribution is 9.09. The number of rotatable bonds is 5. The van der Waals surface area contributed by atoms with Crippen LogP contribution < -0.4 is 0 Å². The van der Waals surface area contributed by atoms with E-state index in [0.717, 1.165) is 30.2 Å². The summed E-state index contributed by atoms with van der Waals surface area (Å²) in [5.74, 6) is 0. The predicted molar refractivity (Wildman–Crippen MR) is 74.4 cm³/mol. The molecule has 1 fully saturated rings. The van der Waals surface area contributed by atoms with Gasteiger partial charge in [-0.05, 0) is 25.8 Å². The molecule has 0 unspecified atom stereocenters. The van der Waals surface area contributed by atoms with Crippen LogP contribution in [0, 0.1) is 6.92 Å². The first-order valence-electron chi connectivity index (χ1n) is 6.50. The van der Waals surface area contributed by atoms with Crippen LogP contribution in [-0.2, 0) is 13.6 Å². The number of aromatic nitrogens is 2. The van der Waals surface area contributed by atoms with Crippen molar-refractivity contribution in [1.82, 2.24) is 14.7 Å². The molecule has 1 aliphatic carbocycles. The van der Waals surface area contributed by atoms with Gasteiger partial charge in [0, 0.05) is 31.5 Å². The molecule has 0 amide bonds. The van der Waals surface area contributed by atoms with E-state index in [1.54, 1.807) is 0 Å². The first kappa shape index (κ1) is 13.1. The highest BCUT2D eigenvalue weighted by atomic mass is 79.9. The summed E-state index contributed by atoms with van der Waals surface area (Å²) in [4.78, 5) is 2.61. The Morgan fingerprint density at radius 3 is 2.71 bits per heavy atom. The van der Waals surface area contributed by atoms with Gasteiger partial charge >= 0.3 is 0 Å². The van der Waals surface area contributed by atoms with Crippen molar-refractivity contribution in [3.05, 3.63) is 17.5 Å². The molecule has 0 aliphatic heterocycles. The van der Waals surface area contributed by atoms with Crippen molar-refractivity contribution in [3.8, 4) is 0 Å². The van der Waals surface area contributed by atoms with Crippen molar-refractivity contribution in [2.24, 2.45) is 7.05 Å². The van der Waals surface area contributed by atoms with Gasteiger partial charge in [-0.15, -0.1) is 0 Å². The topological polar surface area (TPSA) is 21.1 Å². The lowest BCUT2D eigenvalue weighted by atomic mass is 10.2. The monoisotopic (exact) mass is 299 g/mol. The smallest absolute Gasteiger partial charge is 0.0597 e. The van der Waals surface area contributed by atoms with Crippen molar-refractivity contribution in [1.29, 1.82) is 0 Å². The Labute approximate surface area is 112 Å². The molecule has 1 heterocycles. The normalized spacial score (nSPS) is 17.2. The predicted octanol–water partition coefficient (Wildman–Crippen LogP) is 2.87. The summed E-state index contributed by atoms with van der Waals surface area (Å²) >= 11 is 3.57. The zero-order valence-electron chi connectivity index (χ0n) is 10.8. The van der Waals surface area contributed by atoms with Gasteiger partial charge < -0.3 is 0 Å². The zero-order chi connectivity index (χ0) is 12.3. The molecule has 1 aliphatic rings. The average Bonchev–Trinajstić information content (AvgIpc) is 2.88. The third-order valence-corrected chi connectivity index (χ3v) is 4.03. The molecule has 0 N–H and O–H groups in total. The fourth-order valence-electron chi connectivity index (χ4n) is 2.79. The third kappa shape index (κ3) is 3.32. The first-order valence-corrected chi connectivity index (χ1v) is 7.62. The van der Waals surface area contributed by atoms with Crippen LogP contribution in [0.2, 0.25) is 0 Å². The van der Waals surface area contributed by atoms with Crippen LogP contribution in [0.25, 0.3) is 0 Å². The number of aryl methyl sites for hydroxylation is 2. The van der Waals surface area contributed by atoms with Gasteiger partial charge in [0.2, 0.25) is 0 Å². The standard InChI is InChI=1S/C13H22BrN3/c1-11-9-13(16(2)15-11)10-17(8-7-14)12-5-3-4-6-12/h9,12H,3-8,10H2,1-2H3. The van der Waals surface area contributed by atoms with Crippen LogP contribution in [-0.4, -0.2) is 32.6 Å². The number of hydrogen-bond acceptors (Lipinski definition) is 2. The minimum absolute atomic E-state index is 0.780. The lowest BCUT2D eigenvalue weighted by Gasteiger charge is -2.27. The summed E-state index contributed by atoms with van der Waals surface area (Å²) < 4.78 is 2.02. The van der Waals surface area contributed by atoms with Crippen LogP contribution in [0.3, 0.4) is 0 Å². The number of hydrogen-bond donors (Lipinski definition) is 0. The maximum atomic E-state index is 4.43. The summed E-state index contributed by atoms with van der Waals surface area (Å²) in [6.45, 7) is 4.23. The fraction of sp³-hybridized carbons (Fsp3) is 0.769. The second-order valence-corrected chi connectivity index (χ2v) is 5.79. The van der Waals surface area contributed by atoms with Crippen molar-refractivity contribution in [2.75, 3.05) is 11.9 Å². The van der Waals surface area contributed by atoms with Gasteiger partial charge in [0.25, 0.3) is 0 Å². The molecule has 4 heteroatoms. The van der Waals surface area contributed by atoms with E-state index in [1.165, 1.54) is 31.4 Å². The van der Waals surface area contributed by atoms with Gasteiger partial charge in [-0.2, -0.15) is 5.10 Å². The molecule has 1 aromatic rings. The summed E-state index contributed by atoms with van der Waals surface area (Å²) in [6.07, 6.45) is 5.52. The average molecular weight is 300 g/mol. The van der Waals surface area contributed by atoms with Crippen molar-refractivity contribution < 1.29 is 0 Å². The van der Waals surface area contributed by atoms with Crippen LogP contribution in [0.5, 0.6) is 0 Å². The fourth-order valence-corrected chi connectivity index (χ4v) is 3.24. The maximum absolute atomic E-state index is 4.43. The Morgan fingerprint density at radius 1 is 1.47 bits per heavy atom. The minimum Gasteiger partial charge on any atom is -0.294 e. The SMILES string of the molecule is Cc1cc(CN(CCBr)C2CCCC2)n(C)n1. The van der Waals surface area contributed by atoms with E-state index in [-0.39, 0.29) is 0 Å². The van der Waals surface area contributed by atoms with Crippen LogP contribution in [0.1, 0.15) is 37.1 Å². The van der Waals surface area contributed by atoms with E-state index < -0.39 is 0 Å². The molecule has 1 saturated carbocycles. The van der Waals surface area contributed by atoms with E-state index in [9.17, 15) is 0 Å². The molecule has 96 valence electrons. The second-order valence-electron chi connectivity index (χ2n) is 5.00. The number of nitrogens with zero attached hydrogens (tertiary/aromatic N) is 3. The quantitative estimate of drug-likeness (QED) is 0.780. The van der Waals surface area contributed by atoms with Crippen molar-refractivity contribution in [2.45, 2.75) is 45.2 Å². The van der Waals surface area contributed by atoms with E-state index in [0.29, 0.717) is 0 Å². The Balaban J connectivity index is 2.03. The molecule has 2 rings (SSSR count). The number of alkyl halides is 1. The molecule has 0 bridgehead atoms. The van der Waals surface area contributed by atoms with Crippen molar-refractivity contribution >= 4 is 15.9 Å². The van der Waals surface area contributed by atoms with Crippen LogP contribution in [0.15, 0.2) is 6.07 Å². The minimum atomic E-state index is 0.780. The highest BCUT2D eigenvalue weighted by Crippen LogP contribution is 2.25. The molecule has 0 atom stereocenters. The second kappa shape index (κ2) is 6.01. The molecule has 0 spiro atoms. The van der Waals surface area contributed by atoms with Gasteiger partial charge in [-0.25, -0.2) is 0 Å². The molecule has 17 heavy (non-hydrogen) atoms. The highest BCUT2D eigenvalue weighted by Gasteiger charge is 2.22. The molecule has 0 aromatic carbocycles. The summed E-state index contributed by atoms with van der Waals surface area (Å²) in [5.41, 5.74) is 2.45. The summed E-state index contributed by atoms with van der Waals surface area (Å²) in [6, 6.07) is 2.98. The summed E-state index contributed by atoms with van der Waals surface area (Å²) in [7, 11) is 2.04. The van der Waals surface area contributed by atoms with Gasteiger partial charge in [-0.1, -0.05) is 28.8 Å². The van der Waals surface area contributed by atoms with Crippen LogP contribution >= 0.6 is 15.9 Å². The van der Waals surface area contributed by atoms with Crippen molar-refractivity contribution in [3.63, 3.8) is 0 Å². The van der Waals surface area contributed by atoms with Gasteiger partial charge in [0.1, 0.15) is 0 Å². The Hall–Kier alpha value is -0.350. The molecule has 3 nitrogen and oxygen atoms in total. The van der Waals surface area contributed by atoms with E-state index >= 15 is 0 Å².